The van der Waals surface area contributed by atoms with E-state index in [1.165, 1.54) is 34.5 Å². The Morgan fingerprint density at radius 3 is 2.76 bits per heavy atom. The van der Waals surface area contributed by atoms with Crippen molar-refractivity contribution in [2.24, 2.45) is 5.92 Å². The molecule has 3 heterocycles. The molecule has 1 aromatic carbocycles. The summed E-state index contributed by atoms with van der Waals surface area (Å²) in [5.74, 6) is 0.369. The summed E-state index contributed by atoms with van der Waals surface area (Å²) in [4.78, 5) is 19.5. The topological polar surface area (TPSA) is 72.3 Å². The Hall–Kier alpha value is -3.52. The Kier molecular flexibility index (Phi) is 6.50. The summed E-state index contributed by atoms with van der Waals surface area (Å²) in [5, 5.41) is 7.97. The number of allylic oxidation sites excluding steroid dienone is 2. The normalized spacial score (nSPS) is 21.9. The number of pyridine rings is 1. The van der Waals surface area contributed by atoms with E-state index in [0.717, 1.165) is 37.1 Å². The number of ether oxygens (including phenoxy) is 1. The van der Waals surface area contributed by atoms with Crippen LogP contribution in [-0.4, -0.2) is 52.0 Å². The highest BCUT2D eigenvalue weighted by Crippen LogP contribution is 2.49. The number of aromatic nitrogens is 3. The lowest BCUT2D eigenvalue weighted by Crippen LogP contribution is -2.47. The number of carbonyl (C=O) groups excluding carboxylic acids is 1. The minimum absolute atomic E-state index is 0.0503. The van der Waals surface area contributed by atoms with Gasteiger partial charge in [-0.1, -0.05) is 24.1 Å². The quantitative estimate of drug-likeness (QED) is 0.503. The van der Waals surface area contributed by atoms with E-state index in [9.17, 15) is 9.18 Å². The average Bonchev–Trinajstić information content (AvgIpc) is 3.55. The molecule has 3 aromatic rings. The van der Waals surface area contributed by atoms with Gasteiger partial charge < -0.3 is 15.0 Å². The molecule has 8 heteroatoms. The van der Waals surface area contributed by atoms with Gasteiger partial charge in [-0.2, -0.15) is 5.10 Å². The summed E-state index contributed by atoms with van der Waals surface area (Å²) in [6.45, 7) is 4.64. The summed E-state index contributed by atoms with van der Waals surface area (Å²) in [6.07, 6.45) is 7.56. The van der Waals surface area contributed by atoms with Gasteiger partial charge in [-0.15, -0.1) is 0 Å². The minimum Gasteiger partial charge on any atom is -0.378 e. The molecule has 1 saturated heterocycles. The number of nitrogens with one attached hydrogen (secondary N) is 1. The van der Waals surface area contributed by atoms with E-state index in [1.807, 2.05) is 34.0 Å². The highest BCUT2D eigenvalue weighted by molar-refractivity contribution is 5.74. The molecular formula is C29H32FN5O2. The number of halogens is 1. The van der Waals surface area contributed by atoms with Crippen LogP contribution in [0.2, 0.25) is 0 Å². The fourth-order valence-corrected chi connectivity index (χ4v) is 6.26. The smallest absolute Gasteiger partial charge is 0.318 e. The van der Waals surface area contributed by atoms with Gasteiger partial charge in [0.2, 0.25) is 0 Å². The van der Waals surface area contributed by atoms with Crippen molar-refractivity contribution in [3.63, 3.8) is 0 Å². The van der Waals surface area contributed by atoms with Crippen LogP contribution in [0, 0.1) is 11.7 Å². The van der Waals surface area contributed by atoms with Crippen LogP contribution in [0.4, 0.5) is 9.18 Å². The first-order valence-electron chi connectivity index (χ1n) is 13.2. The fraction of sp³-hybridized carbons (Fsp3) is 0.414. The Labute approximate surface area is 216 Å². The van der Waals surface area contributed by atoms with Crippen molar-refractivity contribution in [3.05, 3.63) is 88.8 Å². The van der Waals surface area contributed by atoms with Crippen LogP contribution in [0.15, 0.2) is 66.0 Å². The Morgan fingerprint density at radius 1 is 1.19 bits per heavy atom. The second-order valence-corrected chi connectivity index (χ2v) is 10.2. The molecule has 1 aliphatic heterocycles. The number of morpholine rings is 1. The van der Waals surface area contributed by atoms with E-state index in [1.54, 1.807) is 18.3 Å². The maximum Gasteiger partial charge on any atom is 0.318 e. The monoisotopic (exact) mass is 501 g/mol. The molecule has 7 nitrogen and oxygen atoms in total. The predicted molar refractivity (Wildman–Crippen MR) is 138 cm³/mol. The number of fused-ring (bicyclic) bond motifs is 1. The lowest BCUT2D eigenvalue weighted by molar-refractivity contribution is 0.0522. The maximum atomic E-state index is 13.5. The van der Waals surface area contributed by atoms with E-state index in [2.05, 4.69) is 22.3 Å². The summed E-state index contributed by atoms with van der Waals surface area (Å²) < 4.78 is 20.9. The molecule has 2 amide bonds. The van der Waals surface area contributed by atoms with Crippen LogP contribution in [-0.2, 0) is 11.2 Å². The summed E-state index contributed by atoms with van der Waals surface area (Å²) >= 11 is 0. The van der Waals surface area contributed by atoms with E-state index in [-0.39, 0.29) is 23.8 Å². The molecule has 0 bridgehead atoms. The molecule has 0 radical (unpaired) electrons. The zero-order chi connectivity index (χ0) is 25.4. The molecule has 3 atom stereocenters. The van der Waals surface area contributed by atoms with Crippen LogP contribution >= 0.6 is 0 Å². The predicted octanol–water partition coefficient (Wildman–Crippen LogP) is 4.95. The van der Waals surface area contributed by atoms with Crippen molar-refractivity contribution < 1.29 is 13.9 Å². The Bertz CT molecular complexity index is 1300. The van der Waals surface area contributed by atoms with Gasteiger partial charge in [0.25, 0.3) is 0 Å². The van der Waals surface area contributed by atoms with Crippen LogP contribution in [0.1, 0.15) is 55.1 Å². The molecule has 0 saturated carbocycles. The van der Waals surface area contributed by atoms with Crippen molar-refractivity contribution in [1.29, 1.82) is 0 Å². The zero-order valence-electron chi connectivity index (χ0n) is 21.1. The molecule has 2 aliphatic carbocycles. The third kappa shape index (κ3) is 4.66. The van der Waals surface area contributed by atoms with Crippen LogP contribution in [0.25, 0.3) is 5.69 Å². The van der Waals surface area contributed by atoms with E-state index in [4.69, 9.17) is 4.74 Å². The Morgan fingerprint density at radius 2 is 2.00 bits per heavy atom. The third-order valence-corrected chi connectivity index (χ3v) is 8.09. The average molecular weight is 502 g/mol. The van der Waals surface area contributed by atoms with Crippen molar-refractivity contribution >= 4 is 6.03 Å². The van der Waals surface area contributed by atoms with E-state index in [0.29, 0.717) is 32.2 Å². The van der Waals surface area contributed by atoms with Crippen LogP contribution < -0.4 is 5.32 Å². The van der Waals surface area contributed by atoms with Gasteiger partial charge in [0, 0.05) is 37.2 Å². The molecule has 1 unspecified atom stereocenters. The van der Waals surface area contributed by atoms with Gasteiger partial charge >= 0.3 is 6.03 Å². The number of rotatable bonds is 5. The van der Waals surface area contributed by atoms with Crippen molar-refractivity contribution in [3.8, 4) is 5.69 Å². The van der Waals surface area contributed by atoms with Crippen LogP contribution in [0.3, 0.4) is 0 Å². The highest BCUT2D eigenvalue weighted by Gasteiger charge is 2.38. The lowest BCUT2D eigenvalue weighted by atomic mass is 9.78. The molecular weight excluding hydrogens is 469 g/mol. The molecule has 1 fully saturated rings. The Balaban J connectivity index is 1.24. The first-order chi connectivity index (χ1) is 18.1. The lowest BCUT2D eigenvalue weighted by Gasteiger charge is -2.32. The minimum atomic E-state index is -0.245. The first kappa shape index (κ1) is 23.9. The molecule has 192 valence electrons. The van der Waals surface area contributed by atoms with Crippen molar-refractivity contribution in [2.45, 2.75) is 44.6 Å². The molecule has 37 heavy (non-hydrogen) atoms. The van der Waals surface area contributed by atoms with E-state index < -0.39 is 0 Å². The second kappa shape index (κ2) is 10.1. The number of carbonyl (C=O) groups is 1. The van der Waals surface area contributed by atoms with Gasteiger partial charge in [-0.25, -0.2) is 13.9 Å². The number of amides is 2. The second-order valence-electron chi connectivity index (χ2n) is 10.2. The molecule has 2 aromatic heterocycles. The molecule has 3 aliphatic rings. The maximum absolute atomic E-state index is 13.5. The largest absolute Gasteiger partial charge is 0.378 e. The van der Waals surface area contributed by atoms with Gasteiger partial charge in [0.15, 0.2) is 0 Å². The van der Waals surface area contributed by atoms with Crippen molar-refractivity contribution in [2.75, 3.05) is 26.3 Å². The van der Waals surface area contributed by atoms with Gasteiger partial charge in [0.1, 0.15) is 5.82 Å². The zero-order valence-corrected chi connectivity index (χ0v) is 21.1. The van der Waals surface area contributed by atoms with Crippen LogP contribution in [0.5, 0.6) is 0 Å². The molecule has 1 N–H and O–H groups in total. The number of nitrogens with zero attached hydrogens (tertiary/aromatic N) is 4. The van der Waals surface area contributed by atoms with Gasteiger partial charge in [-0.05, 0) is 61.6 Å². The highest BCUT2D eigenvalue weighted by atomic mass is 19.1. The SMILES string of the molecule is C[C@@H]1C2=C(CC[C@@H]2CC(NC(=O)N2CCOCC2)c2ccccn2)Cc2c1cnn2-c1ccc(F)cc1. The number of benzene rings is 1. The summed E-state index contributed by atoms with van der Waals surface area (Å²) in [5.41, 5.74) is 7.18. The van der Waals surface area contributed by atoms with Gasteiger partial charge in [-0.3, -0.25) is 4.98 Å². The van der Waals surface area contributed by atoms with E-state index >= 15 is 0 Å². The summed E-state index contributed by atoms with van der Waals surface area (Å²) in [6, 6.07) is 12.2. The third-order valence-electron chi connectivity index (χ3n) is 8.09. The summed E-state index contributed by atoms with van der Waals surface area (Å²) in [7, 11) is 0. The van der Waals surface area contributed by atoms with Gasteiger partial charge in [0.05, 0.1) is 42.5 Å². The number of hydrogen-bond donors (Lipinski definition) is 1. The number of hydrogen-bond acceptors (Lipinski definition) is 4. The molecule has 6 rings (SSSR count). The van der Waals surface area contributed by atoms with Crippen molar-refractivity contribution in [1.82, 2.24) is 25.0 Å². The standard InChI is InChI=1S/C29H32FN5O2/c1-19-24-18-32-35(23-9-7-22(30)8-10-23)27(24)17-21-6-5-20(28(19)21)16-26(25-4-2-3-11-31-25)33-29(36)34-12-14-37-15-13-34/h2-4,7-11,18-20,26H,5-6,12-17H2,1H3,(H,33,36)/t19-,20+,26?/m0/s1. The first-order valence-corrected chi connectivity index (χ1v) is 13.2. The number of urea groups is 1. The fourth-order valence-electron chi connectivity index (χ4n) is 6.26. The molecule has 0 spiro atoms.